The van der Waals surface area contributed by atoms with Gasteiger partial charge in [0.2, 0.25) is 0 Å². The van der Waals surface area contributed by atoms with Crippen molar-refractivity contribution < 1.29 is 13.5 Å². The molecule has 0 radical (unpaired) electrons. The van der Waals surface area contributed by atoms with Crippen LogP contribution < -0.4 is 5.32 Å². The van der Waals surface area contributed by atoms with Gasteiger partial charge in [-0.1, -0.05) is 0 Å². The van der Waals surface area contributed by atoms with E-state index in [-0.39, 0.29) is 23.9 Å². The van der Waals surface area contributed by atoms with Crippen molar-refractivity contribution in [3.63, 3.8) is 0 Å². The first-order chi connectivity index (χ1) is 6.05. The molecule has 4 nitrogen and oxygen atoms in total. The highest BCUT2D eigenvalue weighted by molar-refractivity contribution is 7.91. The summed E-state index contributed by atoms with van der Waals surface area (Å²) in [5.74, 6) is 0.543. The Kier molecular flexibility index (Phi) is 2.13. The molecule has 0 aromatic rings. The number of aliphatic hydroxyl groups excluding tert-OH is 1. The Morgan fingerprint density at radius 3 is 2.54 bits per heavy atom. The molecule has 0 aromatic heterocycles. The van der Waals surface area contributed by atoms with E-state index in [1.807, 2.05) is 0 Å². The van der Waals surface area contributed by atoms with Crippen LogP contribution in [0.25, 0.3) is 0 Å². The summed E-state index contributed by atoms with van der Waals surface area (Å²) in [6.45, 7) is 0.129. The summed E-state index contributed by atoms with van der Waals surface area (Å²) in [4.78, 5) is 0. The molecule has 0 amide bonds. The number of nitrogens with one attached hydrogen (secondary N) is 1. The fourth-order valence-electron chi connectivity index (χ4n) is 1.84. The second-order valence-corrected chi connectivity index (χ2v) is 6.41. The third kappa shape index (κ3) is 2.03. The molecule has 0 aromatic carbocycles. The van der Waals surface area contributed by atoms with Gasteiger partial charge in [-0.2, -0.15) is 0 Å². The van der Waals surface area contributed by atoms with Crippen molar-refractivity contribution in [2.45, 2.75) is 30.8 Å². The minimum absolute atomic E-state index is 0.0691. The van der Waals surface area contributed by atoms with E-state index < -0.39 is 9.84 Å². The van der Waals surface area contributed by atoms with E-state index in [1.54, 1.807) is 0 Å². The highest BCUT2D eigenvalue weighted by Gasteiger charge is 2.45. The van der Waals surface area contributed by atoms with Crippen LogP contribution in [-0.4, -0.2) is 43.2 Å². The van der Waals surface area contributed by atoms with Crippen LogP contribution in [0.4, 0.5) is 0 Å². The highest BCUT2D eigenvalue weighted by Crippen LogP contribution is 2.36. The summed E-state index contributed by atoms with van der Waals surface area (Å²) < 4.78 is 22.3. The molecule has 2 rings (SSSR count). The van der Waals surface area contributed by atoms with Gasteiger partial charge < -0.3 is 10.4 Å². The quantitative estimate of drug-likeness (QED) is 0.638. The molecule has 1 unspecified atom stereocenters. The summed E-state index contributed by atoms with van der Waals surface area (Å²) in [7, 11) is -2.79. The highest BCUT2D eigenvalue weighted by atomic mass is 32.2. The largest absolute Gasteiger partial charge is 0.394 e. The first-order valence-electron chi connectivity index (χ1n) is 4.64. The van der Waals surface area contributed by atoms with E-state index in [9.17, 15) is 8.42 Å². The molecule has 0 bridgehead atoms. The van der Waals surface area contributed by atoms with Gasteiger partial charge in [-0.05, 0) is 19.3 Å². The maximum atomic E-state index is 11.1. The SMILES string of the molecule is O=S1(=O)CCC(NC2(CO)CC2)C1. The summed E-state index contributed by atoms with van der Waals surface area (Å²) >= 11 is 0. The molecule has 2 N–H and O–H groups in total. The maximum absolute atomic E-state index is 11.1. The van der Waals surface area contributed by atoms with Crippen molar-refractivity contribution in [2.24, 2.45) is 0 Å². The Morgan fingerprint density at radius 2 is 2.15 bits per heavy atom. The van der Waals surface area contributed by atoms with Gasteiger partial charge in [0.15, 0.2) is 9.84 Å². The summed E-state index contributed by atoms with van der Waals surface area (Å²) in [6, 6.07) is 0.0691. The molecule has 1 aliphatic heterocycles. The van der Waals surface area contributed by atoms with Crippen molar-refractivity contribution in [1.82, 2.24) is 5.32 Å². The Labute approximate surface area is 78.3 Å². The molecule has 1 atom stereocenters. The minimum atomic E-state index is -2.79. The van der Waals surface area contributed by atoms with E-state index in [4.69, 9.17) is 5.11 Å². The van der Waals surface area contributed by atoms with Crippen molar-refractivity contribution in [3.05, 3.63) is 0 Å². The first kappa shape index (κ1) is 9.43. The lowest BCUT2D eigenvalue weighted by atomic mass is 10.2. The molecule has 1 saturated carbocycles. The lowest BCUT2D eigenvalue weighted by Gasteiger charge is -2.18. The van der Waals surface area contributed by atoms with Crippen LogP contribution in [-0.2, 0) is 9.84 Å². The van der Waals surface area contributed by atoms with Gasteiger partial charge in [0, 0.05) is 11.6 Å². The molecular weight excluding hydrogens is 190 g/mol. The number of hydrogen-bond acceptors (Lipinski definition) is 4. The molecule has 13 heavy (non-hydrogen) atoms. The predicted molar refractivity (Wildman–Crippen MR) is 49.2 cm³/mol. The van der Waals surface area contributed by atoms with Crippen molar-refractivity contribution in [2.75, 3.05) is 18.1 Å². The first-order valence-corrected chi connectivity index (χ1v) is 6.46. The molecule has 2 aliphatic rings. The van der Waals surface area contributed by atoms with Crippen LogP contribution in [0, 0.1) is 0 Å². The standard InChI is InChI=1S/C8H15NO3S/c10-6-8(2-3-8)9-7-1-4-13(11,12)5-7/h7,9-10H,1-6H2. The van der Waals surface area contributed by atoms with E-state index in [2.05, 4.69) is 5.32 Å². The van der Waals surface area contributed by atoms with Gasteiger partial charge in [0.25, 0.3) is 0 Å². The topological polar surface area (TPSA) is 66.4 Å². The number of rotatable bonds is 3. The van der Waals surface area contributed by atoms with Gasteiger partial charge in [-0.15, -0.1) is 0 Å². The van der Waals surface area contributed by atoms with Crippen molar-refractivity contribution in [1.29, 1.82) is 0 Å². The van der Waals surface area contributed by atoms with Gasteiger partial charge in [0.05, 0.1) is 18.1 Å². The van der Waals surface area contributed by atoms with E-state index in [0.29, 0.717) is 12.2 Å². The number of aliphatic hydroxyl groups is 1. The number of sulfone groups is 1. The van der Waals surface area contributed by atoms with E-state index in [1.165, 1.54) is 0 Å². The zero-order chi connectivity index (χ0) is 9.53. The van der Waals surface area contributed by atoms with Gasteiger partial charge >= 0.3 is 0 Å². The molecular formula is C8H15NO3S. The lowest BCUT2D eigenvalue weighted by molar-refractivity contribution is 0.221. The summed E-state index contributed by atoms with van der Waals surface area (Å²) in [5, 5.41) is 12.3. The average molecular weight is 205 g/mol. The van der Waals surface area contributed by atoms with Crippen molar-refractivity contribution in [3.8, 4) is 0 Å². The Bertz CT molecular complexity index is 295. The molecule has 5 heteroatoms. The fraction of sp³-hybridized carbons (Fsp3) is 1.00. The van der Waals surface area contributed by atoms with Crippen LogP contribution in [0.3, 0.4) is 0 Å². The Balaban J connectivity index is 1.91. The molecule has 2 fully saturated rings. The van der Waals surface area contributed by atoms with Gasteiger partial charge in [0.1, 0.15) is 0 Å². The normalized spacial score (nSPS) is 34.7. The lowest BCUT2D eigenvalue weighted by Crippen LogP contribution is -2.43. The third-order valence-electron chi connectivity index (χ3n) is 2.90. The van der Waals surface area contributed by atoms with Gasteiger partial charge in [-0.3, -0.25) is 0 Å². The molecule has 0 spiro atoms. The predicted octanol–water partition coefficient (Wildman–Crippen LogP) is -0.712. The smallest absolute Gasteiger partial charge is 0.151 e. The van der Waals surface area contributed by atoms with Crippen molar-refractivity contribution >= 4 is 9.84 Å². The number of hydrogen-bond donors (Lipinski definition) is 2. The van der Waals surface area contributed by atoms with Crippen LogP contribution in [0.15, 0.2) is 0 Å². The van der Waals surface area contributed by atoms with Crippen LogP contribution in [0.2, 0.25) is 0 Å². The Hall–Kier alpha value is -0.130. The zero-order valence-electron chi connectivity index (χ0n) is 7.49. The minimum Gasteiger partial charge on any atom is -0.394 e. The van der Waals surface area contributed by atoms with E-state index >= 15 is 0 Å². The molecule has 1 aliphatic carbocycles. The second kappa shape index (κ2) is 2.93. The van der Waals surface area contributed by atoms with Gasteiger partial charge in [-0.25, -0.2) is 8.42 Å². The zero-order valence-corrected chi connectivity index (χ0v) is 8.31. The third-order valence-corrected chi connectivity index (χ3v) is 4.67. The summed E-state index contributed by atoms with van der Waals surface area (Å²) in [5.41, 5.74) is -0.134. The second-order valence-electron chi connectivity index (χ2n) is 4.18. The molecule has 1 saturated heterocycles. The summed E-state index contributed by atoms with van der Waals surface area (Å²) in [6.07, 6.45) is 2.64. The monoisotopic (exact) mass is 205 g/mol. The fourth-order valence-corrected chi connectivity index (χ4v) is 3.51. The maximum Gasteiger partial charge on any atom is 0.151 e. The van der Waals surface area contributed by atoms with Crippen LogP contribution in [0.5, 0.6) is 0 Å². The molecule has 76 valence electrons. The van der Waals surface area contributed by atoms with Crippen LogP contribution in [0.1, 0.15) is 19.3 Å². The Morgan fingerprint density at radius 1 is 1.46 bits per heavy atom. The molecule has 1 heterocycles. The average Bonchev–Trinajstić information content (AvgIpc) is 2.74. The van der Waals surface area contributed by atoms with E-state index in [0.717, 1.165) is 12.8 Å². The van der Waals surface area contributed by atoms with Crippen LogP contribution >= 0.6 is 0 Å².